The lowest BCUT2D eigenvalue weighted by Gasteiger charge is -2.26. The van der Waals surface area contributed by atoms with Gasteiger partial charge in [-0.15, -0.1) is 0 Å². The van der Waals surface area contributed by atoms with Crippen LogP contribution in [0.5, 0.6) is 17.2 Å². The summed E-state index contributed by atoms with van der Waals surface area (Å²) in [5.41, 5.74) is 3.83. The summed E-state index contributed by atoms with van der Waals surface area (Å²) in [6, 6.07) is 20.6. The molecule has 1 heterocycles. The Labute approximate surface area is 171 Å². The van der Waals surface area contributed by atoms with Crippen LogP contribution < -0.4 is 9.80 Å². The Kier molecular flexibility index (Phi) is 5.43. The van der Waals surface area contributed by atoms with Gasteiger partial charge in [0.15, 0.2) is 0 Å². The van der Waals surface area contributed by atoms with Crippen LogP contribution in [0, 0.1) is 6.92 Å². The molecular formula is C24H28N2O3+2. The van der Waals surface area contributed by atoms with Crippen LogP contribution in [0.3, 0.4) is 0 Å². The van der Waals surface area contributed by atoms with E-state index in [0.29, 0.717) is 30.3 Å². The normalized spacial score (nSPS) is 21.3. The van der Waals surface area contributed by atoms with E-state index in [1.165, 1.54) is 9.80 Å². The number of hydrogen-bond acceptors (Lipinski definition) is 3. The Morgan fingerprint density at radius 2 is 1.24 bits per heavy atom. The molecule has 2 atom stereocenters. The molecule has 1 fully saturated rings. The van der Waals surface area contributed by atoms with E-state index in [4.69, 9.17) is 0 Å². The van der Waals surface area contributed by atoms with Gasteiger partial charge in [0.05, 0.1) is 0 Å². The van der Waals surface area contributed by atoms with Gasteiger partial charge in [-0.3, -0.25) is 9.80 Å². The van der Waals surface area contributed by atoms with E-state index in [1.54, 1.807) is 18.2 Å². The molecule has 1 aliphatic heterocycles. The number of phenols is 3. The van der Waals surface area contributed by atoms with Crippen molar-refractivity contribution in [2.45, 2.75) is 26.2 Å². The first-order valence-corrected chi connectivity index (χ1v) is 10.1. The highest BCUT2D eigenvalue weighted by molar-refractivity contribution is 5.37. The van der Waals surface area contributed by atoms with E-state index in [2.05, 4.69) is 6.07 Å². The molecular weight excluding hydrogens is 364 g/mol. The molecule has 0 aliphatic carbocycles. The molecule has 0 saturated carbocycles. The van der Waals surface area contributed by atoms with Crippen LogP contribution in [0.25, 0.3) is 0 Å². The van der Waals surface area contributed by atoms with E-state index in [-0.39, 0.29) is 6.17 Å². The molecule has 5 heteroatoms. The second-order valence-corrected chi connectivity index (χ2v) is 7.92. The van der Waals surface area contributed by atoms with Crippen molar-refractivity contribution >= 4 is 0 Å². The van der Waals surface area contributed by atoms with Crippen molar-refractivity contribution in [3.8, 4) is 17.2 Å². The van der Waals surface area contributed by atoms with Crippen molar-refractivity contribution < 1.29 is 25.1 Å². The third-order valence-electron chi connectivity index (χ3n) is 5.90. The second kappa shape index (κ2) is 8.15. The molecule has 0 radical (unpaired) electrons. The van der Waals surface area contributed by atoms with Gasteiger partial charge < -0.3 is 15.3 Å². The maximum Gasteiger partial charge on any atom is 0.244 e. The summed E-state index contributed by atoms with van der Waals surface area (Å²) in [5, 5.41) is 31.2. The third-order valence-corrected chi connectivity index (χ3v) is 5.90. The van der Waals surface area contributed by atoms with Crippen molar-refractivity contribution in [1.29, 1.82) is 0 Å². The highest BCUT2D eigenvalue weighted by Gasteiger charge is 2.42. The fraction of sp³-hybridized carbons (Fsp3) is 0.250. The lowest BCUT2D eigenvalue weighted by atomic mass is 10.1. The number of phenolic OH excluding ortho intramolecular Hbond substituents is 3. The number of hydrogen-bond donors (Lipinski definition) is 5. The summed E-state index contributed by atoms with van der Waals surface area (Å²) >= 11 is 0. The zero-order chi connectivity index (χ0) is 20.4. The fourth-order valence-corrected chi connectivity index (χ4v) is 4.43. The minimum Gasteiger partial charge on any atom is -0.507 e. The molecule has 0 amide bonds. The number of rotatable bonds is 5. The summed E-state index contributed by atoms with van der Waals surface area (Å²) in [7, 11) is 0. The number of quaternary nitrogens is 2. The number of aromatic hydroxyl groups is 3. The van der Waals surface area contributed by atoms with Crippen molar-refractivity contribution in [2.24, 2.45) is 0 Å². The van der Waals surface area contributed by atoms with Crippen LogP contribution in [0.2, 0.25) is 0 Å². The topological polar surface area (TPSA) is 69.6 Å². The molecule has 1 aliphatic rings. The molecule has 0 aromatic heterocycles. The average Bonchev–Trinajstić information content (AvgIpc) is 3.09. The fourth-order valence-electron chi connectivity index (χ4n) is 4.43. The quantitative estimate of drug-likeness (QED) is 0.455. The molecule has 3 aromatic carbocycles. The number of para-hydroxylation sites is 2. The Bertz CT molecular complexity index is 949. The number of aryl methyl sites for hydroxylation is 1. The average molecular weight is 392 g/mol. The van der Waals surface area contributed by atoms with Crippen LogP contribution in [-0.2, 0) is 13.1 Å². The minimum absolute atomic E-state index is 0.00844. The first kappa shape index (κ1) is 19.3. The lowest BCUT2D eigenvalue weighted by molar-refractivity contribution is -1.09. The van der Waals surface area contributed by atoms with E-state index >= 15 is 0 Å². The number of benzene rings is 3. The summed E-state index contributed by atoms with van der Waals surface area (Å²) in [6.45, 7) is 5.21. The second-order valence-electron chi connectivity index (χ2n) is 7.92. The van der Waals surface area contributed by atoms with Gasteiger partial charge in [-0.2, -0.15) is 0 Å². The zero-order valence-electron chi connectivity index (χ0n) is 16.6. The van der Waals surface area contributed by atoms with Crippen molar-refractivity contribution in [2.75, 3.05) is 13.1 Å². The predicted octanol–water partition coefficient (Wildman–Crippen LogP) is 1.29. The smallest absolute Gasteiger partial charge is 0.244 e. The van der Waals surface area contributed by atoms with E-state index < -0.39 is 0 Å². The molecule has 1 saturated heterocycles. The first-order valence-electron chi connectivity index (χ1n) is 10.1. The lowest BCUT2D eigenvalue weighted by Crippen LogP contribution is -3.22. The van der Waals surface area contributed by atoms with Gasteiger partial charge in [0, 0.05) is 11.1 Å². The van der Waals surface area contributed by atoms with Gasteiger partial charge in [-0.05, 0) is 43.3 Å². The SMILES string of the molecule is Cc1ccc(O)c(C2[NH+](Cc3ccccc3O)CC[NH+]2Cc2ccccc2O)c1. The Morgan fingerprint density at radius 3 is 1.76 bits per heavy atom. The van der Waals surface area contributed by atoms with Crippen LogP contribution in [0.1, 0.15) is 28.4 Å². The molecule has 5 N–H and O–H groups in total. The summed E-state index contributed by atoms with van der Waals surface area (Å²) in [6.07, 6.45) is 0.00844. The van der Waals surface area contributed by atoms with Crippen molar-refractivity contribution in [3.05, 3.63) is 89.0 Å². The maximum absolute atomic E-state index is 10.6. The molecule has 29 heavy (non-hydrogen) atoms. The highest BCUT2D eigenvalue weighted by Crippen LogP contribution is 2.23. The van der Waals surface area contributed by atoms with E-state index in [1.807, 2.05) is 49.4 Å². The van der Waals surface area contributed by atoms with E-state index in [9.17, 15) is 15.3 Å². The maximum atomic E-state index is 10.6. The monoisotopic (exact) mass is 392 g/mol. The Balaban J connectivity index is 1.69. The van der Waals surface area contributed by atoms with Gasteiger partial charge in [0.2, 0.25) is 6.17 Å². The summed E-state index contributed by atoms with van der Waals surface area (Å²) < 4.78 is 0. The van der Waals surface area contributed by atoms with Gasteiger partial charge in [0.25, 0.3) is 0 Å². The summed E-state index contributed by atoms with van der Waals surface area (Å²) in [5.74, 6) is 0.912. The van der Waals surface area contributed by atoms with Crippen LogP contribution >= 0.6 is 0 Å². The standard InChI is InChI=1S/C24H26N2O3/c1-17-10-11-23(29)20(14-17)24-25(15-18-6-2-4-8-21(18)27)12-13-26(24)16-19-7-3-5-9-22(19)28/h2-11,14,24,27-29H,12-13,15-16H2,1H3/p+2. The largest absolute Gasteiger partial charge is 0.507 e. The molecule has 3 aromatic rings. The van der Waals surface area contributed by atoms with Crippen LogP contribution in [-0.4, -0.2) is 28.4 Å². The minimum atomic E-state index is 0.00844. The van der Waals surface area contributed by atoms with Gasteiger partial charge in [0.1, 0.15) is 49.0 Å². The summed E-state index contributed by atoms with van der Waals surface area (Å²) in [4.78, 5) is 2.58. The van der Waals surface area contributed by atoms with Gasteiger partial charge in [-0.25, -0.2) is 0 Å². The Hall–Kier alpha value is -3.02. The van der Waals surface area contributed by atoms with Crippen LogP contribution in [0.15, 0.2) is 66.7 Å². The molecule has 4 rings (SSSR count). The Morgan fingerprint density at radius 1 is 0.724 bits per heavy atom. The predicted molar refractivity (Wildman–Crippen MR) is 111 cm³/mol. The molecule has 0 bridgehead atoms. The highest BCUT2D eigenvalue weighted by atomic mass is 16.3. The molecule has 150 valence electrons. The van der Waals surface area contributed by atoms with Crippen LogP contribution in [0.4, 0.5) is 0 Å². The molecule has 2 unspecified atom stereocenters. The van der Waals surface area contributed by atoms with Gasteiger partial charge in [-0.1, -0.05) is 35.9 Å². The van der Waals surface area contributed by atoms with Crippen molar-refractivity contribution in [3.63, 3.8) is 0 Å². The zero-order valence-corrected chi connectivity index (χ0v) is 16.6. The third kappa shape index (κ3) is 4.06. The molecule has 5 nitrogen and oxygen atoms in total. The molecule has 0 spiro atoms. The first-order chi connectivity index (χ1) is 14.0. The van der Waals surface area contributed by atoms with Gasteiger partial charge >= 0.3 is 0 Å². The number of nitrogens with one attached hydrogen (secondary N) is 2. The van der Waals surface area contributed by atoms with Crippen molar-refractivity contribution in [1.82, 2.24) is 0 Å². The van der Waals surface area contributed by atoms with E-state index in [0.717, 1.165) is 35.3 Å².